The number of hydrogen-bond acceptors (Lipinski definition) is 3. The van der Waals surface area contributed by atoms with Crippen LogP contribution in [-0.2, 0) is 6.61 Å². The van der Waals surface area contributed by atoms with Gasteiger partial charge >= 0.3 is 0 Å². The molecule has 0 heterocycles. The summed E-state index contributed by atoms with van der Waals surface area (Å²) in [4.78, 5) is 9.81. The van der Waals surface area contributed by atoms with Crippen LogP contribution in [0.2, 0.25) is 0 Å². The molecule has 0 saturated carbocycles. The van der Waals surface area contributed by atoms with Crippen molar-refractivity contribution >= 4 is 37.9 Å². The van der Waals surface area contributed by atoms with E-state index in [-0.39, 0.29) is 12.4 Å². The van der Waals surface area contributed by atoms with E-state index in [1.165, 1.54) is 18.2 Å². The SMILES string of the molecule is O=[N+]([O-])/C=C/c1cc(Br)c(OCc2ccc(F)cc2)c(Br)c1. The highest BCUT2D eigenvalue weighted by molar-refractivity contribution is 9.11. The Morgan fingerprint density at radius 1 is 1.18 bits per heavy atom. The van der Waals surface area contributed by atoms with Gasteiger partial charge in [-0.15, -0.1) is 0 Å². The van der Waals surface area contributed by atoms with Crippen molar-refractivity contribution in [2.75, 3.05) is 0 Å². The Bertz CT molecular complexity index is 694. The Kier molecular flexibility index (Phi) is 5.68. The van der Waals surface area contributed by atoms with E-state index in [2.05, 4.69) is 31.9 Å². The van der Waals surface area contributed by atoms with Gasteiger partial charge in [-0.2, -0.15) is 0 Å². The van der Waals surface area contributed by atoms with Crippen molar-refractivity contribution in [2.24, 2.45) is 0 Å². The zero-order valence-corrected chi connectivity index (χ0v) is 14.3. The summed E-state index contributed by atoms with van der Waals surface area (Å²) in [5.41, 5.74) is 1.49. The maximum atomic E-state index is 12.8. The van der Waals surface area contributed by atoms with Crippen LogP contribution < -0.4 is 4.74 Å². The molecule has 0 aliphatic carbocycles. The molecule has 0 unspecified atom stereocenters. The Morgan fingerprint density at radius 3 is 2.32 bits per heavy atom. The summed E-state index contributed by atoms with van der Waals surface area (Å²) in [6.07, 6.45) is 2.26. The fourth-order valence-electron chi connectivity index (χ4n) is 1.70. The molecule has 0 aliphatic heterocycles. The summed E-state index contributed by atoms with van der Waals surface area (Å²) in [6, 6.07) is 9.45. The van der Waals surface area contributed by atoms with Gasteiger partial charge in [-0.05, 0) is 67.3 Å². The first-order valence-corrected chi connectivity index (χ1v) is 7.72. The molecule has 0 amide bonds. The largest absolute Gasteiger partial charge is 0.487 e. The minimum Gasteiger partial charge on any atom is -0.487 e. The molecule has 7 heteroatoms. The zero-order valence-electron chi connectivity index (χ0n) is 11.1. The number of nitrogens with zero attached hydrogens (tertiary/aromatic N) is 1. The van der Waals surface area contributed by atoms with Crippen LogP contribution >= 0.6 is 31.9 Å². The molecule has 0 N–H and O–H groups in total. The molecule has 114 valence electrons. The molecule has 0 spiro atoms. The fourth-order valence-corrected chi connectivity index (χ4v) is 3.15. The van der Waals surface area contributed by atoms with Crippen molar-refractivity contribution in [3.8, 4) is 5.75 Å². The van der Waals surface area contributed by atoms with Gasteiger partial charge in [0.05, 0.1) is 13.9 Å². The first-order valence-electron chi connectivity index (χ1n) is 6.13. The van der Waals surface area contributed by atoms with Crippen LogP contribution in [0.25, 0.3) is 6.08 Å². The Morgan fingerprint density at radius 2 is 1.77 bits per heavy atom. The molecule has 0 aromatic heterocycles. The highest BCUT2D eigenvalue weighted by Gasteiger charge is 2.09. The average Bonchev–Trinajstić information content (AvgIpc) is 2.46. The standard InChI is InChI=1S/C15H10Br2FNO3/c16-13-7-11(5-6-19(20)21)8-14(17)15(13)22-9-10-1-3-12(18)4-2-10/h1-8H,9H2/b6-5+. The van der Waals surface area contributed by atoms with E-state index in [0.29, 0.717) is 20.3 Å². The summed E-state index contributed by atoms with van der Waals surface area (Å²) in [6.45, 7) is 0.279. The molecule has 0 saturated heterocycles. The van der Waals surface area contributed by atoms with E-state index < -0.39 is 4.92 Å². The summed E-state index contributed by atoms with van der Waals surface area (Å²) >= 11 is 6.74. The third-order valence-electron chi connectivity index (χ3n) is 2.71. The molecule has 2 rings (SSSR count). The third kappa shape index (κ3) is 4.64. The van der Waals surface area contributed by atoms with E-state index in [9.17, 15) is 14.5 Å². The molecule has 2 aromatic carbocycles. The molecule has 0 aliphatic rings. The van der Waals surface area contributed by atoms with E-state index in [0.717, 1.165) is 11.8 Å². The number of nitro groups is 1. The fraction of sp³-hybridized carbons (Fsp3) is 0.0667. The molecular weight excluding hydrogens is 421 g/mol. The topological polar surface area (TPSA) is 52.4 Å². The van der Waals surface area contributed by atoms with Crippen molar-refractivity contribution in [3.05, 3.63) is 78.6 Å². The number of rotatable bonds is 5. The number of ether oxygens (including phenoxy) is 1. The van der Waals surface area contributed by atoms with Gasteiger partial charge in [-0.3, -0.25) is 10.1 Å². The minimum absolute atomic E-state index is 0.279. The van der Waals surface area contributed by atoms with Crippen LogP contribution in [0.4, 0.5) is 4.39 Å². The maximum absolute atomic E-state index is 12.8. The van der Waals surface area contributed by atoms with E-state index in [4.69, 9.17) is 4.74 Å². The average molecular weight is 431 g/mol. The molecule has 0 radical (unpaired) electrons. The summed E-state index contributed by atoms with van der Waals surface area (Å²) < 4.78 is 19.9. The van der Waals surface area contributed by atoms with E-state index >= 15 is 0 Å². The molecule has 2 aromatic rings. The Hall–Kier alpha value is -1.73. The van der Waals surface area contributed by atoms with Crippen LogP contribution in [0.5, 0.6) is 5.75 Å². The first kappa shape index (κ1) is 16.6. The van der Waals surface area contributed by atoms with Gasteiger partial charge in [0.15, 0.2) is 0 Å². The van der Waals surface area contributed by atoms with Crippen molar-refractivity contribution < 1.29 is 14.1 Å². The minimum atomic E-state index is -0.527. The summed E-state index contributed by atoms with van der Waals surface area (Å²) in [5.74, 6) is 0.274. The number of halogens is 3. The lowest BCUT2D eigenvalue weighted by molar-refractivity contribution is -0.400. The number of benzene rings is 2. The molecule has 0 bridgehead atoms. The predicted molar refractivity (Wildman–Crippen MR) is 88.6 cm³/mol. The predicted octanol–water partition coefficient (Wildman–Crippen LogP) is 5.18. The highest BCUT2D eigenvalue weighted by atomic mass is 79.9. The van der Waals surface area contributed by atoms with E-state index in [1.807, 2.05) is 0 Å². The van der Waals surface area contributed by atoms with Gasteiger partial charge in [-0.1, -0.05) is 12.1 Å². The zero-order chi connectivity index (χ0) is 16.1. The normalized spacial score (nSPS) is 10.9. The van der Waals surface area contributed by atoms with Crippen LogP contribution in [0, 0.1) is 15.9 Å². The Labute approximate surface area is 143 Å². The van der Waals surface area contributed by atoms with Gasteiger partial charge in [0.2, 0.25) is 6.20 Å². The second kappa shape index (κ2) is 7.51. The van der Waals surface area contributed by atoms with Gasteiger partial charge in [0, 0.05) is 6.08 Å². The van der Waals surface area contributed by atoms with Crippen molar-refractivity contribution in [3.63, 3.8) is 0 Å². The monoisotopic (exact) mass is 429 g/mol. The maximum Gasteiger partial charge on any atom is 0.235 e. The third-order valence-corrected chi connectivity index (χ3v) is 3.88. The van der Waals surface area contributed by atoms with Crippen LogP contribution in [0.3, 0.4) is 0 Å². The van der Waals surface area contributed by atoms with Crippen molar-refractivity contribution in [1.82, 2.24) is 0 Å². The second-order valence-corrected chi connectivity index (χ2v) is 6.04. The molecule has 22 heavy (non-hydrogen) atoms. The lowest BCUT2D eigenvalue weighted by Crippen LogP contribution is -1.97. The lowest BCUT2D eigenvalue weighted by Gasteiger charge is -2.11. The number of hydrogen-bond donors (Lipinski definition) is 0. The molecule has 4 nitrogen and oxygen atoms in total. The van der Waals surface area contributed by atoms with Gasteiger partial charge in [0.1, 0.15) is 18.2 Å². The van der Waals surface area contributed by atoms with Gasteiger partial charge < -0.3 is 4.74 Å². The second-order valence-electron chi connectivity index (χ2n) is 4.33. The Balaban J connectivity index is 2.14. The summed E-state index contributed by atoms with van der Waals surface area (Å²) in [5, 5.41) is 10.3. The van der Waals surface area contributed by atoms with Gasteiger partial charge in [-0.25, -0.2) is 4.39 Å². The highest BCUT2D eigenvalue weighted by Crippen LogP contribution is 2.35. The molecular formula is C15H10Br2FNO3. The van der Waals surface area contributed by atoms with Crippen LogP contribution in [0.1, 0.15) is 11.1 Å². The van der Waals surface area contributed by atoms with E-state index in [1.54, 1.807) is 24.3 Å². The van der Waals surface area contributed by atoms with Crippen molar-refractivity contribution in [2.45, 2.75) is 6.61 Å². The van der Waals surface area contributed by atoms with Crippen molar-refractivity contribution in [1.29, 1.82) is 0 Å². The van der Waals surface area contributed by atoms with Crippen LogP contribution in [-0.4, -0.2) is 4.92 Å². The molecule has 0 fully saturated rings. The summed E-state index contributed by atoms with van der Waals surface area (Å²) in [7, 11) is 0. The first-order chi connectivity index (χ1) is 10.5. The van der Waals surface area contributed by atoms with Gasteiger partial charge in [0.25, 0.3) is 0 Å². The molecule has 0 atom stereocenters. The quantitative estimate of drug-likeness (QED) is 0.485. The smallest absolute Gasteiger partial charge is 0.235 e. The van der Waals surface area contributed by atoms with Crippen LogP contribution in [0.15, 0.2) is 51.5 Å². The lowest BCUT2D eigenvalue weighted by atomic mass is 10.2.